The van der Waals surface area contributed by atoms with Gasteiger partial charge in [0.2, 0.25) is 0 Å². The van der Waals surface area contributed by atoms with Gasteiger partial charge >= 0.3 is 0 Å². The second kappa shape index (κ2) is 2.67. The Morgan fingerprint density at radius 1 is 1.33 bits per heavy atom. The lowest BCUT2D eigenvalue weighted by atomic mass is 10.3. The van der Waals surface area contributed by atoms with Gasteiger partial charge in [0, 0.05) is 12.3 Å². The molecule has 0 aliphatic carbocycles. The average Bonchev–Trinajstić information content (AvgIpc) is 1.83. The van der Waals surface area contributed by atoms with Crippen LogP contribution in [0.15, 0.2) is 23.1 Å². The van der Waals surface area contributed by atoms with Crippen LogP contribution < -0.4 is 0 Å². The summed E-state index contributed by atoms with van der Waals surface area (Å²) in [5.74, 6) is -0.912. The molecule has 4 nitrogen and oxygen atoms in total. The molecule has 0 aromatic heterocycles. The molecule has 1 aromatic carbocycles. The summed E-state index contributed by atoms with van der Waals surface area (Å²) in [6.45, 7) is 0. The van der Waals surface area contributed by atoms with E-state index in [-0.39, 0.29) is 4.90 Å². The predicted octanol–water partition coefficient (Wildman–Crippen LogP) is 0.940. The molecule has 1 rings (SSSR count). The first-order chi connectivity index (χ1) is 5.41. The maximum absolute atomic E-state index is 10.9. The van der Waals surface area contributed by atoms with E-state index in [2.05, 4.69) is 0 Å². The molecule has 0 amide bonds. The fourth-order valence-electron chi connectivity index (χ4n) is 0.811. The molecule has 0 aliphatic heterocycles. The summed E-state index contributed by atoms with van der Waals surface area (Å²) in [5.41, 5.74) is 0. The van der Waals surface area contributed by atoms with E-state index in [0.29, 0.717) is 0 Å². The summed E-state index contributed by atoms with van der Waals surface area (Å²) >= 11 is 0. The van der Waals surface area contributed by atoms with Crippen LogP contribution in [0.25, 0.3) is 0 Å². The van der Waals surface area contributed by atoms with Gasteiger partial charge in [0.15, 0.2) is 15.6 Å². The van der Waals surface area contributed by atoms with E-state index in [9.17, 15) is 13.5 Å². The predicted molar refractivity (Wildman–Crippen MR) is 41.3 cm³/mol. The minimum Gasteiger partial charge on any atom is -0.506 e. The zero-order valence-electron chi connectivity index (χ0n) is 6.31. The lowest BCUT2D eigenvalue weighted by molar-refractivity contribution is 0.350. The topological polar surface area (TPSA) is 74.3 Å². The number of hydrogen-bond acceptors (Lipinski definition) is 3. The molecule has 65 valence electrons. The Hall–Kier alpha value is -1.23. The fourth-order valence-corrected chi connectivity index (χ4v) is 1.56. The van der Waals surface area contributed by atoms with Gasteiger partial charge < -0.3 is 5.11 Å². The van der Waals surface area contributed by atoms with E-state index < -0.39 is 21.3 Å². The van der Waals surface area contributed by atoms with Crippen LogP contribution in [-0.4, -0.2) is 19.8 Å². The number of hydrogen-bond donors (Lipinski definition) is 1. The second-order valence-corrected chi connectivity index (χ2v) is 4.39. The number of phenolic OH excluding ortho intramolecular Hbond substituents is 1. The van der Waals surface area contributed by atoms with E-state index in [1.54, 1.807) is 0 Å². The minimum absolute atomic E-state index is 0.220. The molecule has 0 saturated carbocycles. The number of benzene rings is 1. The Bertz CT molecular complexity index is 394. The molecular formula is C7H7O4S. The molecule has 0 aliphatic rings. The molecule has 1 N–H and O–H groups in total. The Balaban J connectivity index is 3.39. The van der Waals surface area contributed by atoms with Crippen LogP contribution in [0.5, 0.6) is 11.5 Å². The largest absolute Gasteiger partial charge is 0.506 e. The van der Waals surface area contributed by atoms with Crippen molar-refractivity contribution in [2.24, 2.45) is 0 Å². The van der Waals surface area contributed by atoms with Crippen molar-refractivity contribution in [2.45, 2.75) is 4.90 Å². The van der Waals surface area contributed by atoms with E-state index in [1.165, 1.54) is 0 Å². The number of aromatic hydroxyl groups is 1. The highest BCUT2D eigenvalue weighted by atomic mass is 32.2. The molecular weight excluding hydrogens is 180 g/mol. The van der Waals surface area contributed by atoms with Crippen molar-refractivity contribution in [1.29, 1.82) is 0 Å². The third-order valence-corrected chi connectivity index (χ3v) is 2.47. The van der Waals surface area contributed by atoms with Crippen LogP contribution in [0.3, 0.4) is 0 Å². The van der Waals surface area contributed by atoms with Crippen LogP contribution >= 0.6 is 0 Å². The lowest BCUT2D eigenvalue weighted by Gasteiger charge is -2.00. The third kappa shape index (κ3) is 1.68. The van der Waals surface area contributed by atoms with E-state index in [1.807, 2.05) is 0 Å². The maximum Gasteiger partial charge on any atom is 0.182 e. The number of sulfone groups is 1. The summed E-state index contributed by atoms with van der Waals surface area (Å²) in [4.78, 5) is -0.220. The molecule has 0 fully saturated rings. The van der Waals surface area contributed by atoms with Gasteiger partial charge in [-0.2, -0.15) is 0 Å². The molecule has 0 heterocycles. The number of rotatable bonds is 1. The first-order valence-electron chi connectivity index (χ1n) is 3.11. The van der Waals surface area contributed by atoms with Crippen molar-refractivity contribution in [3.63, 3.8) is 0 Å². The highest BCUT2D eigenvalue weighted by Crippen LogP contribution is 2.26. The average molecular weight is 187 g/mol. The molecule has 5 heteroatoms. The van der Waals surface area contributed by atoms with Gasteiger partial charge in [0.25, 0.3) is 0 Å². The molecule has 0 unspecified atom stereocenters. The van der Waals surface area contributed by atoms with Gasteiger partial charge in [0.1, 0.15) is 10.6 Å². The quantitative estimate of drug-likeness (QED) is 0.710. The van der Waals surface area contributed by atoms with Crippen molar-refractivity contribution in [3.8, 4) is 11.5 Å². The van der Waals surface area contributed by atoms with Crippen molar-refractivity contribution in [1.82, 2.24) is 0 Å². The van der Waals surface area contributed by atoms with Crippen LogP contribution in [-0.2, 0) is 14.9 Å². The van der Waals surface area contributed by atoms with E-state index in [0.717, 1.165) is 24.5 Å². The van der Waals surface area contributed by atoms with E-state index >= 15 is 0 Å². The molecule has 0 atom stereocenters. The van der Waals surface area contributed by atoms with Crippen molar-refractivity contribution < 1.29 is 18.6 Å². The van der Waals surface area contributed by atoms with Gasteiger partial charge in [-0.1, -0.05) is 0 Å². The summed E-state index contributed by atoms with van der Waals surface area (Å²) in [6, 6.07) is 3.06. The summed E-state index contributed by atoms with van der Waals surface area (Å²) < 4.78 is 21.8. The first kappa shape index (κ1) is 8.86. The lowest BCUT2D eigenvalue weighted by Crippen LogP contribution is -1.96. The molecule has 0 bridgehead atoms. The summed E-state index contributed by atoms with van der Waals surface area (Å²) in [5, 5.41) is 19.7. The zero-order valence-corrected chi connectivity index (χ0v) is 7.13. The molecule has 12 heavy (non-hydrogen) atoms. The first-order valence-corrected chi connectivity index (χ1v) is 5.00. The highest BCUT2D eigenvalue weighted by molar-refractivity contribution is 7.90. The van der Waals surface area contributed by atoms with Crippen molar-refractivity contribution >= 4 is 9.84 Å². The van der Waals surface area contributed by atoms with Crippen LogP contribution in [0.2, 0.25) is 0 Å². The normalized spacial score (nSPS) is 11.4. The van der Waals surface area contributed by atoms with Gasteiger partial charge in [-0.05, 0) is 12.1 Å². The highest BCUT2D eigenvalue weighted by Gasteiger charge is 2.12. The number of phenols is 1. The van der Waals surface area contributed by atoms with Crippen molar-refractivity contribution in [3.05, 3.63) is 18.2 Å². The Kier molecular flexibility index (Phi) is 1.97. The summed E-state index contributed by atoms with van der Waals surface area (Å²) in [7, 11) is -3.44. The Morgan fingerprint density at radius 3 is 2.33 bits per heavy atom. The molecule has 0 spiro atoms. The SMILES string of the molecule is CS(=O)(=O)c1ccc([O])cc1O. The Morgan fingerprint density at radius 2 is 1.92 bits per heavy atom. The third-order valence-electron chi connectivity index (χ3n) is 1.33. The van der Waals surface area contributed by atoms with Gasteiger partial charge in [-0.25, -0.2) is 8.42 Å². The minimum atomic E-state index is -3.44. The van der Waals surface area contributed by atoms with Crippen LogP contribution in [0.4, 0.5) is 0 Å². The smallest absolute Gasteiger partial charge is 0.182 e. The van der Waals surface area contributed by atoms with Crippen molar-refractivity contribution in [2.75, 3.05) is 6.26 Å². The van der Waals surface area contributed by atoms with Gasteiger partial charge in [-0.3, -0.25) is 5.11 Å². The molecule has 0 saturated heterocycles. The second-order valence-electron chi connectivity index (χ2n) is 2.40. The van der Waals surface area contributed by atoms with E-state index in [4.69, 9.17) is 5.11 Å². The van der Waals surface area contributed by atoms with Gasteiger partial charge in [0.05, 0.1) is 0 Å². The monoisotopic (exact) mass is 187 g/mol. The Labute approximate surface area is 70.0 Å². The molecule has 1 radical (unpaired) electrons. The van der Waals surface area contributed by atoms with Crippen LogP contribution in [0.1, 0.15) is 0 Å². The fraction of sp³-hybridized carbons (Fsp3) is 0.143. The molecule has 1 aromatic rings. The van der Waals surface area contributed by atoms with Crippen LogP contribution in [0, 0.1) is 0 Å². The standard InChI is InChI=1S/C7H7O4S/c1-12(10,11)7-3-2-5(8)4-6(7)9/h2-4,9H,1H3. The zero-order chi connectivity index (χ0) is 9.35. The summed E-state index contributed by atoms with van der Waals surface area (Å²) in [6.07, 6.45) is 0.965. The maximum atomic E-state index is 10.9. The van der Waals surface area contributed by atoms with Gasteiger partial charge in [-0.15, -0.1) is 0 Å².